The molecule has 0 fully saturated rings. The van der Waals surface area contributed by atoms with Crippen LogP contribution in [0.5, 0.6) is 0 Å². The Labute approximate surface area is 288 Å². The Bertz CT molecular complexity index is 1900. The summed E-state index contributed by atoms with van der Waals surface area (Å²) in [5.41, 5.74) is 9.08. The molecule has 0 bridgehead atoms. The summed E-state index contributed by atoms with van der Waals surface area (Å²) in [5.74, 6) is 0. The lowest BCUT2D eigenvalue weighted by atomic mass is 9.72. The maximum Gasteiger partial charge on any atom is 0.0771 e. The molecule has 1 heterocycles. The molecular weight excluding hydrogens is 589 g/mol. The van der Waals surface area contributed by atoms with Crippen LogP contribution in [0.25, 0.3) is 10.8 Å². The number of para-hydroxylation sites is 1. The highest BCUT2D eigenvalue weighted by atomic mass is 32.2. The second kappa shape index (κ2) is 12.1. The third kappa shape index (κ3) is 7.26. The largest absolute Gasteiger partial charge is 0.352 e. The van der Waals surface area contributed by atoms with E-state index in [9.17, 15) is 0 Å². The van der Waals surface area contributed by atoms with Crippen molar-refractivity contribution in [2.75, 3.05) is 10.2 Å². The third-order valence-corrected chi connectivity index (χ3v) is 10.4. The lowest BCUT2D eigenvalue weighted by Gasteiger charge is -2.37. The van der Waals surface area contributed by atoms with Crippen LogP contribution in [-0.2, 0) is 10.8 Å². The van der Waals surface area contributed by atoms with Crippen molar-refractivity contribution < 1.29 is 0 Å². The van der Waals surface area contributed by atoms with Crippen LogP contribution < -0.4 is 10.2 Å². The van der Waals surface area contributed by atoms with Gasteiger partial charge in [-0.05, 0) is 105 Å². The molecule has 47 heavy (non-hydrogen) atoms. The van der Waals surface area contributed by atoms with Gasteiger partial charge in [0.25, 0.3) is 0 Å². The Kier molecular flexibility index (Phi) is 8.54. The lowest BCUT2D eigenvalue weighted by molar-refractivity contribution is 0.283. The first-order valence-electron chi connectivity index (χ1n) is 17.1. The maximum absolute atomic E-state index is 3.96. The minimum absolute atomic E-state index is 0.0227. The van der Waals surface area contributed by atoms with E-state index in [0.717, 1.165) is 29.9 Å². The molecule has 0 saturated heterocycles. The number of rotatable bonds is 7. The minimum Gasteiger partial charge on any atom is -0.352 e. The highest BCUT2D eigenvalue weighted by Crippen LogP contribution is 2.54. The SMILES string of the molecule is CC(C)(C)CC(C)(C)c1ccc2c(c1)Sc1cc(C(C)(C)CC(C)(C)C)cc(N(c3ccccc3)c3ccc4ccccc4c3)c1N2. The molecule has 1 aliphatic rings. The normalized spacial score (nSPS) is 13.6. The molecule has 2 nitrogen and oxygen atoms in total. The molecule has 1 N–H and O–H groups in total. The van der Waals surface area contributed by atoms with Gasteiger partial charge in [-0.25, -0.2) is 0 Å². The predicted molar refractivity (Wildman–Crippen MR) is 207 cm³/mol. The van der Waals surface area contributed by atoms with E-state index in [0.29, 0.717) is 0 Å². The van der Waals surface area contributed by atoms with E-state index in [1.165, 1.54) is 43.1 Å². The van der Waals surface area contributed by atoms with Gasteiger partial charge in [0.1, 0.15) is 0 Å². The minimum atomic E-state index is -0.0227. The van der Waals surface area contributed by atoms with Crippen LogP contribution in [-0.4, -0.2) is 0 Å². The molecule has 0 aliphatic carbocycles. The van der Waals surface area contributed by atoms with Crippen LogP contribution in [0.3, 0.4) is 0 Å². The van der Waals surface area contributed by atoms with Gasteiger partial charge in [-0.15, -0.1) is 0 Å². The zero-order chi connectivity index (χ0) is 33.8. The van der Waals surface area contributed by atoms with E-state index in [1.54, 1.807) is 0 Å². The molecule has 0 atom stereocenters. The molecule has 0 aromatic heterocycles. The summed E-state index contributed by atoms with van der Waals surface area (Å²) >= 11 is 1.91. The number of anilines is 5. The maximum atomic E-state index is 3.96. The van der Waals surface area contributed by atoms with Crippen LogP contribution in [0.2, 0.25) is 0 Å². The van der Waals surface area contributed by atoms with Crippen LogP contribution in [0.1, 0.15) is 93.2 Å². The third-order valence-electron chi connectivity index (χ3n) is 9.30. The lowest BCUT2D eigenvalue weighted by Crippen LogP contribution is -2.26. The molecule has 0 spiro atoms. The van der Waals surface area contributed by atoms with Gasteiger partial charge in [0.15, 0.2) is 0 Å². The first kappa shape index (κ1) is 33.2. The van der Waals surface area contributed by atoms with Gasteiger partial charge < -0.3 is 10.2 Å². The van der Waals surface area contributed by atoms with Crippen molar-refractivity contribution >= 4 is 51.0 Å². The van der Waals surface area contributed by atoms with Crippen molar-refractivity contribution in [2.24, 2.45) is 10.8 Å². The van der Waals surface area contributed by atoms with Crippen molar-refractivity contribution in [1.29, 1.82) is 0 Å². The van der Waals surface area contributed by atoms with E-state index in [2.05, 4.69) is 183 Å². The first-order valence-corrected chi connectivity index (χ1v) is 17.9. The van der Waals surface area contributed by atoms with Gasteiger partial charge in [0.05, 0.1) is 17.1 Å². The number of nitrogens with zero attached hydrogens (tertiary/aromatic N) is 1. The summed E-state index contributed by atoms with van der Waals surface area (Å²) in [5, 5.41) is 6.44. The Hall–Kier alpha value is -3.69. The molecular formula is C44H52N2S. The van der Waals surface area contributed by atoms with Crippen molar-refractivity contribution in [1.82, 2.24) is 0 Å². The molecule has 5 aromatic rings. The van der Waals surface area contributed by atoms with Gasteiger partial charge >= 0.3 is 0 Å². The Morgan fingerprint density at radius 1 is 0.532 bits per heavy atom. The van der Waals surface area contributed by atoms with E-state index in [4.69, 9.17) is 0 Å². The predicted octanol–water partition coefficient (Wildman–Crippen LogP) is 13.9. The van der Waals surface area contributed by atoms with Gasteiger partial charge in [-0.1, -0.05) is 136 Å². The van der Waals surface area contributed by atoms with Crippen molar-refractivity contribution in [2.45, 2.75) is 103 Å². The second-order valence-electron chi connectivity index (χ2n) is 17.3. The van der Waals surface area contributed by atoms with Crippen molar-refractivity contribution in [3.8, 4) is 0 Å². The number of hydrogen-bond donors (Lipinski definition) is 1. The van der Waals surface area contributed by atoms with Crippen LogP contribution in [0, 0.1) is 10.8 Å². The highest BCUT2D eigenvalue weighted by molar-refractivity contribution is 7.99. The van der Waals surface area contributed by atoms with E-state index in [-0.39, 0.29) is 21.7 Å². The number of nitrogens with one attached hydrogen (secondary N) is 1. The number of hydrogen-bond acceptors (Lipinski definition) is 3. The van der Waals surface area contributed by atoms with Gasteiger partial charge in [0.2, 0.25) is 0 Å². The summed E-state index contributed by atoms with van der Waals surface area (Å²) in [6.45, 7) is 23.7. The average molecular weight is 641 g/mol. The quantitative estimate of drug-likeness (QED) is 0.187. The number of fused-ring (bicyclic) bond motifs is 3. The Morgan fingerprint density at radius 2 is 1.13 bits per heavy atom. The van der Waals surface area contributed by atoms with E-state index >= 15 is 0 Å². The molecule has 6 rings (SSSR count). The second-order valence-corrected chi connectivity index (χ2v) is 18.3. The summed E-state index contributed by atoms with van der Waals surface area (Å²) < 4.78 is 0. The number of benzene rings is 5. The molecule has 5 aromatic carbocycles. The van der Waals surface area contributed by atoms with Gasteiger partial charge in [0, 0.05) is 21.2 Å². The fourth-order valence-electron chi connectivity index (χ4n) is 7.93. The fourth-order valence-corrected chi connectivity index (χ4v) is 9.03. The van der Waals surface area contributed by atoms with Crippen LogP contribution >= 0.6 is 11.8 Å². The summed E-state index contributed by atoms with van der Waals surface area (Å²) in [6.07, 6.45) is 2.21. The molecule has 0 amide bonds. The summed E-state index contributed by atoms with van der Waals surface area (Å²) in [7, 11) is 0. The van der Waals surface area contributed by atoms with E-state index in [1.807, 2.05) is 11.8 Å². The van der Waals surface area contributed by atoms with Crippen molar-refractivity contribution in [3.63, 3.8) is 0 Å². The summed E-state index contributed by atoms with van der Waals surface area (Å²) in [4.78, 5) is 5.02. The van der Waals surface area contributed by atoms with E-state index < -0.39 is 0 Å². The van der Waals surface area contributed by atoms with Crippen molar-refractivity contribution in [3.05, 3.63) is 114 Å². The fraction of sp³-hybridized carbons (Fsp3) is 0.364. The Morgan fingerprint density at radius 3 is 1.79 bits per heavy atom. The topological polar surface area (TPSA) is 15.3 Å². The molecule has 1 aliphatic heterocycles. The standard InChI is InChI=1S/C44H52N2S/c1-41(2,3)28-43(7,8)32-21-23-36-38(26-32)47-39-27-33(44(9,10)29-42(4,5)6)25-37(40(39)45-36)46(34-18-12-11-13-19-34)35-22-20-30-16-14-15-17-31(30)24-35/h11-27,45H,28-29H2,1-10H3. The van der Waals surface area contributed by atoms with Crippen LogP contribution in [0.4, 0.5) is 28.4 Å². The zero-order valence-electron chi connectivity index (χ0n) is 30.1. The molecule has 0 radical (unpaired) electrons. The molecule has 0 unspecified atom stereocenters. The monoisotopic (exact) mass is 640 g/mol. The average Bonchev–Trinajstić information content (AvgIpc) is 2.98. The van der Waals surface area contributed by atoms with Crippen LogP contribution in [0.15, 0.2) is 113 Å². The molecule has 244 valence electrons. The summed E-state index contributed by atoms with van der Waals surface area (Å²) in [6, 6.07) is 38.3. The van der Waals surface area contributed by atoms with Gasteiger partial charge in [-0.3, -0.25) is 0 Å². The highest BCUT2D eigenvalue weighted by Gasteiger charge is 2.33. The molecule has 3 heteroatoms. The first-order chi connectivity index (χ1) is 22.0. The Balaban J connectivity index is 1.55. The van der Waals surface area contributed by atoms with Gasteiger partial charge in [-0.2, -0.15) is 0 Å². The zero-order valence-corrected chi connectivity index (χ0v) is 30.9. The molecule has 0 saturated carbocycles. The smallest absolute Gasteiger partial charge is 0.0771 e.